The zero-order chi connectivity index (χ0) is 13.5. The molecule has 104 valence electrons. The average Bonchev–Trinajstić information content (AvgIpc) is 2.96. The number of rotatable bonds is 5. The lowest BCUT2D eigenvalue weighted by molar-refractivity contribution is 0.103. The largest absolute Gasteiger partial charge is 0.445 e. The standard InChI is InChI=1S/C15H22N2O2/c1-17(10-8-13-7-9-16-11-13)15(18)19-12-14-5-3-2-4-6-14/h2-6,13,16H,7-12H2,1H3. The Morgan fingerprint density at radius 1 is 1.42 bits per heavy atom. The van der Waals surface area contributed by atoms with Crippen molar-refractivity contribution in [3.8, 4) is 0 Å². The summed E-state index contributed by atoms with van der Waals surface area (Å²) in [6, 6.07) is 9.75. The van der Waals surface area contributed by atoms with Crippen LogP contribution in [0, 0.1) is 5.92 Å². The first kappa shape index (κ1) is 13.9. The molecule has 1 atom stereocenters. The molecule has 0 bridgehead atoms. The molecule has 1 aromatic carbocycles. The van der Waals surface area contributed by atoms with Gasteiger partial charge in [0.15, 0.2) is 0 Å². The molecule has 1 saturated heterocycles. The van der Waals surface area contributed by atoms with Gasteiger partial charge in [0.05, 0.1) is 0 Å². The van der Waals surface area contributed by atoms with Crippen molar-refractivity contribution in [1.82, 2.24) is 10.2 Å². The van der Waals surface area contributed by atoms with E-state index in [0.29, 0.717) is 12.5 Å². The maximum absolute atomic E-state index is 11.8. The summed E-state index contributed by atoms with van der Waals surface area (Å²) in [7, 11) is 1.80. The van der Waals surface area contributed by atoms with Gasteiger partial charge in [-0.3, -0.25) is 0 Å². The van der Waals surface area contributed by atoms with Crippen molar-refractivity contribution in [2.75, 3.05) is 26.7 Å². The fourth-order valence-corrected chi connectivity index (χ4v) is 2.26. The summed E-state index contributed by atoms with van der Waals surface area (Å²) >= 11 is 0. The molecule has 1 N–H and O–H groups in total. The van der Waals surface area contributed by atoms with Crippen molar-refractivity contribution >= 4 is 6.09 Å². The number of carbonyl (C=O) groups is 1. The molecule has 0 aliphatic carbocycles. The average molecular weight is 262 g/mol. The van der Waals surface area contributed by atoms with Crippen LogP contribution in [0.1, 0.15) is 18.4 Å². The summed E-state index contributed by atoms with van der Waals surface area (Å²) in [6.45, 7) is 3.29. The van der Waals surface area contributed by atoms with Crippen molar-refractivity contribution < 1.29 is 9.53 Å². The number of nitrogens with zero attached hydrogens (tertiary/aromatic N) is 1. The van der Waals surface area contributed by atoms with Crippen molar-refractivity contribution in [2.45, 2.75) is 19.4 Å². The lowest BCUT2D eigenvalue weighted by Crippen LogP contribution is -2.29. The van der Waals surface area contributed by atoms with Crippen molar-refractivity contribution in [1.29, 1.82) is 0 Å². The summed E-state index contributed by atoms with van der Waals surface area (Å²) in [4.78, 5) is 13.5. The summed E-state index contributed by atoms with van der Waals surface area (Å²) in [5, 5.41) is 3.34. The number of amides is 1. The molecule has 0 saturated carbocycles. The van der Waals surface area contributed by atoms with Crippen LogP contribution in [0.3, 0.4) is 0 Å². The maximum Gasteiger partial charge on any atom is 0.409 e. The molecule has 0 aromatic heterocycles. The number of nitrogens with one attached hydrogen (secondary N) is 1. The molecule has 1 amide bonds. The fourth-order valence-electron chi connectivity index (χ4n) is 2.26. The van der Waals surface area contributed by atoms with Gasteiger partial charge in [0.2, 0.25) is 0 Å². The molecule has 1 aromatic rings. The third-order valence-corrected chi connectivity index (χ3v) is 3.55. The molecule has 1 fully saturated rings. The Balaban J connectivity index is 1.67. The minimum absolute atomic E-state index is 0.241. The number of hydrogen-bond acceptors (Lipinski definition) is 3. The van der Waals surface area contributed by atoms with Gasteiger partial charge in [-0.2, -0.15) is 0 Å². The zero-order valence-electron chi connectivity index (χ0n) is 11.5. The highest BCUT2D eigenvalue weighted by Crippen LogP contribution is 2.12. The van der Waals surface area contributed by atoms with E-state index < -0.39 is 0 Å². The van der Waals surface area contributed by atoms with Gasteiger partial charge in [-0.25, -0.2) is 4.79 Å². The summed E-state index contributed by atoms with van der Waals surface area (Å²) in [6.07, 6.45) is 2.02. The molecule has 0 spiro atoms. The van der Waals surface area contributed by atoms with Crippen LogP contribution in [0.2, 0.25) is 0 Å². The number of benzene rings is 1. The summed E-state index contributed by atoms with van der Waals surface area (Å²) < 4.78 is 5.28. The first-order chi connectivity index (χ1) is 9.25. The molecular formula is C15H22N2O2. The highest BCUT2D eigenvalue weighted by Gasteiger charge is 2.17. The smallest absolute Gasteiger partial charge is 0.409 e. The Morgan fingerprint density at radius 2 is 2.21 bits per heavy atom. The lowest BCUT2D eigenvalue weighted by atomic mass is 10.1. The van der Waals surface area contributed by atoms with Crippen LogP contribution >= 0.6 is 0 Å². The van der Waals surface area contributed by atoms with E-state index in [2.05, 4.69) is 5.32 Å². The van der Waals surface area contributed by atoms with E-state index in [1.165, 1.54) is 6.42 Å². The second-order valence-electron chi connectivity index (χ2n) is 5.11. The van der Waals surface area contributed by atoms with Crippen LogP contribution in [0.15, 0.2) is 30.3 Å². The van der Waals surface area contributed by atoms with Gasteiger partial charge in [0.25, 0.3) is 0 Å². The van der Waals surface area contributed by atoms with Gasteiger partial charge < -0.3 is 15.0 Å². The quantitative estimate of drug-likeness (QED) is 0.885. The van der Waals surface area contributed by atoms with Crippen LogP contribution in [0.25, 0.3) is 0 Å². The van der Waals surface area contributed by atoms with Gasteiger partial charge in [0.1, 0.15) is 6.61 Å². The Morgan fingerprint density at radius 3 is 2.89 bits per heavy atom. The molecule has 4 nitrogen and oxygen atoms in total. The van der Waals surface area contributed by atoms with Crippen LogP contribution < -0.4 is 5.32 Å². The molecule has 0 radical (unpaired) electrons. The zero-order valence-corrected chi connectivity index (χ0v) is 11.5. The van der Waals surface area contributed by atoms with Gasteiger partial charge in [-0.05, 0) is 37.4 Å². The van der Waals surface area contributed by atoms with Crippen molar-refractivity contribution in [3.05, 3.63) is 35.9 Å². The fraction of sp³-hybridized carbons (Fsp3) is 0.533. The molecule has 1 aliphatic rings. The number of hydrogen-bond donors (Lipinski definition) is 1. The maximum atomic E-state index is 11.8. The Labute approximate surface area is 114 Å². The van der Waals surface area contributed by atoms with Crippen LogP contribution in [-0.2, 0) is 11.3 Å². The van der Waals surface area contributed by atoms with Gasteiger partial charge in [0, 0.05) is 13.6 Å². The highest BCUT2D eigenvalue weighted by atomic mass is 16.6. The Hall–Kier alpha value is -1.55. The predicted octanol–water partition coefficient (Wildman–Crippen LogP) is 2.25. The SMILES string of the molecule is CN(CCC1CCNC1)C(=O)OCc1ccccc1. The van der Waals surface area contributed by atoms with Gasteiger partial charge in [-0.15, -0.1) is 0 Å². The predicted molar refractivity (Wildman–Crippen MR) is 74.9 cm³/mol. The molecule has 1 heterocycles. The van der Waals surface area contributed by atoms with Crippen molar-refractivity contribution in [3.63, 3.8) is 0 Å². The first-order valence-electron chi connectivity index (χ1n) is 6.88. The number of carbonyl (C=O) groups excluding carboxylic acids is 1. The van der Waals surface area contributed by atoms with Gasteiger partial charge >= 0.3 is 6.09 Å². The highest BCUT2D eigenvalue weighted by molar-refractivity contribution is 5.67. The molecular weight excluding hydrogens is 240 g/mol. The normalized spacial score (nSPS) is 18.3. The van der Waals surface area contributed by atoms with Crippen LogP contribution in [0.4, 0.5) is 4.79 Å². The second-order valence-corrected chi connectivity index (χ2v) is 5.11. The topological polar surface area (TPSA) is 41.6 Å². The Bertz CT molecular complexity index is 388. The van der Waals surface area contributed by atoms with Crippen LogP contribution in [-0.4, -0.2) is 37.7 Å². The Kier molecular flexibility index (Phi) is 5.21. The molecule has 1 unspecified atom stereocenters. The second kappa shape index (κ2) is 7.14. The third kappa shape index (κ3) is 4.56. The molecule has 19 heavy (non-hydrogen) atoms. The van der Waals surface area contributed by atoms with Gasteiger partial charge in [-0.1, -0.05) is 30.3 Å². The minimum Gasteiger partial charge on any atom is -0.445 e. The van der Waals surface area contributed by atoms with E-state index in [1.807, 2.05) is 30.3 Å². The van der Waals surface area contributed by atoms with E-state index in [1.54, 1.807) is 11.9 Å². The molecule has 2 rings (SSSR count). The van der Waals surface area contributed by atoms with E-state index >= 15 is 0 Å². The van der Waals surface area contributed by atoms with Crippen LogP contribution in [0.5, 0.6) is 0 Å². The van der Waals surface area contributed by atoms with E-state index in [4.69, 9.17) is 4.74 Å². The third-order valence-electron chi connectivity index (χ3n) is 3.55. The van der Waals surface area contributed by atoms with E-state index in [-0.39, 0.29) is 6.09 Å². The minimum atomic E-state index is -0.241. The number of ether oxygens (including phenoxy) is 1. The molecule has 4 heteroatoms. The van der Waals surface area contributed by atoms with Crippen molar-refractivity contribution in [2.24, 2.45) is 5.92 Å². The first-order valence-corrected chi connectivity index (χ1v) is 6.88. The monoisotopic (exact) mass is 262 g/mol. The summed E-state index contributed by atoms with van der Waals surface area (Å²) in [5.41, 5.74) is 1.02. The lowest BCUT2D eigenvalue weighted by Gasteiger charge is -2.18. The van der Waals surface area contributed by atoms with E-state index in [9.17, 15) is 4.79 Å². The van der Waals surface area contributed by atoms with E-state index in [0.717, 1.165) is 31.6 Å². The summed E-state index contributed by atoms with van der Waals surface area (Å²) in [5.74, 6) is 0.698. The molecule has 1 aliphatic heterocycles.